The Bertz CT molecular complexity index is 984. The molecule has 0 amide bonds. The van der Waals surface area contributed by atoms with Crippen LogP contribution in [0.25, 0.3) is 17.0 Å². The van der Waals surface area contributed by atoms with E-state index in [4.69, 9.17) is 4.74 Å². The first-order chi connectivity index (χ1) is 18.7. The van der Waals surface area contributed by atoms with Crippen molar-refractivity contribution in [2.75, 3.05) is 18.6 Å². The van der Waals surface area contributed by atoms with Crippen molar-refractivity contribution >= 4 is 22.7 Å². The third-order valence-corrected chi connectivity index (χ3v) is 8.19. The molecule has 1 aromatic heterocycles. The second-order valence-corrected chi connectivity index (χ2v) is 11.3. The molecule has 0 bridgehead atoms. The summed E-state index contributed by atoms with van der Waals surface area (Å²) in [5, 5.41) is 12.3. The van der Waals surface area contributed by atoms with Gasteiger partial charge in [0.15, 0.2) is 11.9 Å². The number of phenols is 1. The van der Waals surface area contributed by atoms with E-state index < -0.39 is 0 Å². The number of anilines is 1. The van der Waals surface area contributed by atoms with Crippen molar-refractivity contribution in [2.24, 2.45) is 0 Å². The van der Waals surface area contributed by atoms with E-state index in [2.05, 4.69) is 47.9 Å². The number of aromatic nitrogens is 1. The lowest BCUT2D eigenvalue weighted by Gasteiger charge is -2.26. The SMILES string of the molecule is CCCCCCCCCCCN1C=Cc2cc(OC)c(O)c3c2c1cc[n+]3CCCCCCCCCCC. The number of benzene rings is 1. The zero-order chi connectivity index (χ0) is 27.0. The second kappa shape index (κ2) is 17.4. The fourth-order valence-electron chi connectivity index (χ4n) is 5.86. The number of phenolic OH excluding ortho intramolecular Hbond substituents is 1. The Labute approximate surface area is 233 Å². The number of aromatic hydroxyl groups is 1. The molecule has 1 aliphatic heterocycles. The number of ether oxygens (including phenoxy) is 1. The summed E-state index contributed by atoms with van der Waals surface area (Å²) in [5.74, 6) is 0.824. The molecule has 4 heteroatoms. The van der Waals surface area contributed by atoms with Crippen molar-refractivity contribution in [3.8, 4) is 11.5 Å². The minimum Gasteiger partial charge on any atom is -0.500 e. The quantitative estimate of drug-likeness (QED) is 0.131. The largest absolute Gasteiger partial charge is 0.500 e. The number of hydrogen-bond acceptors (Lipinski definition) is 3. The summed E-state index contributed by atoms with van der Waals surface area (Å²) in [6, 6.07) is 4.24. The number of aryl methyl sites for hydroxylation is 1. The molecule has 0 saturated carbocycles. The Kier molecular flexibility index (Phi) is 13.9. The first kappa shape index (κ1) is 30.3. The van der Waals surface area contributed by atoms with Crippen LogP contribution in [0.2, 0.25) is 0 Å². The van der Waals surface area contributed by atoms with Gasteiger partial charge in [-0.25, -0.2) is 0 Å². The summed E-state index contributed by atoms with van der Waals surface area (Å²) >= 11 is 0. The van der Waals surface area contributed by atoms with Crippen LogP contribution in [0.15, 0.2) is 24.5 Å². The summed E-state index contributed by atoms with van der Waals surface area (Å²) in [6.45, 7) is 6.51. The highest BCUT2D eigenvalue weighted by Gasteiger charge is 2.26. The van der Waals surface area contributed by atoms with Gasteiger partial charge in [-0.1, -0.05) is 110 Å². The first-order valence-electron chi connectivity index (χ1n) is 15.9. The summed E-state index contributed by atoms with van der Waals surface area (Å²) in [5.41, 5.74) is 3.26. The molecule has 38 heavy (non-hydrogen) atoms. The Morgan fingerprint density at radius 2 is 1.32 bits per heavy atom. The molecular formula is C34H55N2O2+. The molecule has 2 heterocycles. The van der Waals surface area contributed by atoms with Gasteiger partial charge in [0.05, 0.1) is 18.2 Å². The molecule has 0 saturated heterocycles. The molecule has 1 N–H and O–H groups in total. The maximum Gasteiger partial charge on any atom is 0.261 e. The predicted molar refractivity (Wildman–Crippen MR) is 163 cm³/mol. The highest BCUT2D eigenvalue weighted by Crippen LogP contribution is 2.42. The van der Waals surface area contributed by atoms with E-state index in [9.17, 15) is 5.11 Å². The Morgan fingerprint density at radius 3 is 1.89 bits per heavy atom. The predicted octanol–water partition coefficient (Wildman–Crippen LogP) is 9.69. The van der Waals surface area contributed by atoms with E-state index >= 15 is 0 Å². The number of methoxy groups -OCH3 is 1. The molecular weight excluding hydrogens is 468 g/mol. The number of nitrogens with zero attached hydrogens (tertiary/aromatic N) is 2. The number of unbranched alkanes of at least 4 members (excludes halogenated alkanes) is 16. The van der Waals surface area contributed by atoms with E-state index in [1.54, 1.807) is 7.11 Å². The van der Waals surface area contributed by atoms with Gasteiger partial charge in [-0.15, -0.1) is 0 Å². The fourth-order valence-corrected chi connectivity index (χ4v) is 5.86. The molecule has 0 unspecified atom stereocenters. The van der Waals surface area contributed by atoms with Crippen LogP contribution in [-0.2, 0) is 6.54 Å². The summed E-state index contributed by atoms with van der Waals surface area (Å²) in [7, 11) is 1.64. The van der Waals surface area contributed by atoms with Crippen molar-refractivity contribution in [3.05, 3.63) is 30.1 Å². The first-order valence-corrected chi connectivity index (χ1v) is 15.9. The van der Waals surface area contributed by atoms with E-state index in [-0.39, 0.29) is 5.75 Å². The van der Waals surface area contributed by atoms with Crippen LogP contribution < -0.4 is 14.2 Å². The molecule has 4 nitrogen and oxygen atoms in total. The maximum atomic E-state index is 11.2. The molecule has 212 valence electrons. The standard InChI is InChI=1S/C34H54N2O2/c1-4-6-8-10-12-14-16-18-20-24-35-26-22-29-28-31(38-3)34(37)33-32(29)30(35)23-27-36(33)25-21-19-17-15-13-11-9-7-5-2/h22-23,26-28H,4-21,24-25H2,1-3H3/p+1. The lowest BCUT2D eigenvalue weighted by atomic mass is 10.0. The van der Waals surface area contributed by atoms with E-state index in [1.807, 2.05) is 6.07 Å². The number of pyridine rings is 1. The molecule has 3 rings (SSSR count). The van der Waals surface area contributed by atoms with Crippen LogP contribution in [0, 0.1) is 0 Å². The number of rotatable bonds is 21. The lowest BCUT2D eigenvalue weighted by Crippen LogP contribution is -2.35. The van der Waals surface area contributed by atoms with Gasteiger partial charge in [0.25, 0.3) is 5.52 Å². The van der Waals surface area contributed by atoms with Gasteiger partial charge in [0, 0.05) is 25.2 Å². The third-order valence-electron chi connectivity index (χ3n) is 8.19. The van der Waals surface area contributed by atoms with Crippen molar-refractivity contribution < 1.29 is 14.4 Å². The minimum absolute atomic E-state index is 0.266. The van der Waals surface area contributed by atoms with Gasteiger partial charge < -0.3 is 14.7 Å². The fraction of sp³-hybridized carbons (Fsp3) is 0.676. The summed E-state index contributed by atoms with van der Waals surface area (Å²) in [6.07, 6.45) is 30.5. The zero-order valence-corrected chi connectivity index (χ0v) is 24.8. The Morgan fingerprint density at radius 1 is 0.763 bits per heavy atom. The van der Waals surface area contributed by atoms with Crippen molar-refractivity contribution in [2.45, 2.75) is 136 Å². The smallest absolute Gasteiger partial charge is 0.261 e. The average Bonchev–Trinajstić information content (AvgIpc) is 2.94. The van der Waals surface area contributed by atoms with Crippen LogP contribution in [-0.4, -0.2) is 18.8 Å². The molecule has 0 atom stereocenters. The molecule has 0 fully saturated rings. The zero-order valence-electron chi connectivity index (χ0n) is 24.8. The van der Waals surface area contributed by atoms with Gasteiger partial charge >= 0.3 is 0 Å². The maximum absolute atomic E-state index is 11.2. The summed E-state index contributed by atoms with van der Waals surface area (Å²) < 4.78 is 7.81. The van der Waals surface area contributed by atoms with Gasteiger partial charge in [0.2, 0.25) is 5.75 Å². The average molecular weight is 524 g/mol. The van der Waals surface area contributed by atoms with Crippen LogP contribution in [0.5, 0.6) is 11.5 Å². The van der Waals surface area contributed by atoms with Crippen molar-refractivity contribution in [3.63, 3.8) is 0 Å². The van der Waals surface area contributed by atoms with Crippen molar-refractivity contribution in [1.82, 2.24) is 0 Å². The summed E-state index contributed by atoms with van der Waals surface area (Å²) in [4.78, 5) is 2.38. The number of hydrogen-bond donors (Lipinski definition) is 1. The lowest BCUT2D eigenvalue weighted by molar-refractivity contribution is -0.672. The highest BCUT2D eigenvalue weighted by atomic mass is 16.5. The molecule has 0 aliphatic carbocycles. The molecule has 0 spiro atoms. The van der Waals surface area contributed by atoms with E-state index in [0.29, 0.717) is 5.75 Å². The van der Waals surface area contributed by atoms with E-state index in [0.717, 1.165) is 36.0 Å². The van der Waals surface area contributed by atoms with Gasteiger partial charge in [0.1, 0.15) is 6.54 Å². The second-order valence-electron chi connectivity index (χ2n) is 11.3. The van der Waals surface area contributed by atoms with Crippen LogP contribution in [0.1, 0.15) is 135 Å². The van der Waals surface area contributed by atoms with Crippen LogP contribution >= 0.6 is 0 Å². The molecule has 1 aliphatic rings. The van der Waals surface area contributed by atoms with Gasteiger partial charge in [-0.3, -0.25) is 0 Å². The van der Waals surface area contributed by atoms with E-state index in [1.165, 1.54) is 115 Å². The molecule has 0 radical (unpaired) electrons. The topological polar surface area (TPSA) is 36.6 Å². The van der Waals surface area contributed by atoms with Gasteiger partial charge in [-0.2, -0.15) is 4.57 Å². The van der Waals surface area contributed by atoms with Crippen LogP contribution in [0.3, 0.4) is 0 Å². The Balaban J connectivity index is 1.58. The molecule has 2 aromatic rings. The monoisotopic (exact) mass is 523 g/mol. The van der Waals surface area contributed by atoms with Crippen molar-refractivity contribution in [1.29, 1.82) is 0 Å². The highest BCUT2D eigenvalue weighted by molar-refractivity contribution is 6.03. The minimum atomic E-state index is 0.266. The van der Waals surface area contributed by atoms with Gasteiger partial charge in [-0.05, 0) is 30.5 Å². The molecule has 1 aromatic carbocycles. The Hall–Kier alpha value is -2.23. The third kappa shape index (κ3) is 8.92. The normalized spacial score (nSPS) is 12.6. The van der Waals surface area contributed by atoms with Crippen LogP contribution in [0.4, 0.5) is 5.69 Å².